The first-order valence-corrected chi connectivity index (χ1v) is 15.2. The van der Waals surface area contributed by atoms with Crippen molar-refractivity contribution in [2.75, 3.05) is 39.3 Å². The number of rotatable bonds is 5. The molecule has 1 atom stereocenters. The molecule has 0 spiro atoms. The number of nitrogens with zero attached hydrogens (tertiary/aromatic N) is 3. The lowest BCUT2D eigenvalue weighted by Crippen LogP contribution is -2.55. The van der Waals surface area contributed by atoms with Gasteiger partial charge >= 0.3 is 0 Å². The highest BCUT2D eigenvalue weighted by Crippen LogP contribution is 2.19. The fraction of sp³-hybridized carbons (Fsp3) is 0.650. The normalized spacial score (nSPS) is 21.1. The van der Waals surface area contributed by atoms with Gasteiger partial charge < -0.3 is 4.90 Å². The summed E-state index contributed by atoms with van der Waals surface area (Å²) in [7, 11) is -4.93. The summed E-state index contributed by atoms with van der Waals surface area (Å²) in [4.78, 5) is 17.0. The summed E-state index contributed by atoms with van der Waals surface area (Å²) in [5.74, 6) is 0.177. The quantitative estimate of drug-likeness (QED) is 0.674. The van der Waals surface area contributed by atoms with E-state index in [-0.39, 0.29) is 11.9 Å². The van der Waals surface area contributed by atoms with E-state index in [2.05, 4.69) is 24.5 Å². The molecular weight excluding hydrogens is 390 g/mol. The van der Waals surface area contributed by atoms with Crippen molar-refractivity contribution in [3.63, 3.8) is 0 Å². The number of benzene rings is 1. The van der Waals surface area contributed by atoms with Crippen molar-refractivity contribution >= 4 is 29.2 Å². The highest BCUT2D eigenvalue weighted by molar-refractivity contribution is 7.89. The fourth-order valence-corrected chi connectivity index (χ4v) is 6.55. The maximum Gasteiger partial charge on any atom is 0.243 e. The zero-order valence-corrected chi connectivity index (χ0v) is 19.3. The number of carbonyl (C=O) groups is 1. The number of likely N-dealkylation sites (tertiary alicyclic amines) is 1. The van der Waals surface area contributed by atoms with Crippen molar-refractivity contribution in [1.82, 2.24) is 14.1 Å². The highest BCUT2D eigenvalue weighted by Gasteiger charge is 2.33. The summed E-state index contributed by atoms with van der Waals surface area (Å²) in [6, 6.07) is 7.24. The Bertz CT molecular complexity index is 791. The molecule has 6 nitrogen and oxygen atoms in total. The fourth-order valence-electron chi connectivity index (χ4n) is 3.97. The molecule has 0 aromatic heterocycles. The van der Waals surface area contributed by atoms with E-state index < -0.39 is 18.1 Å². The van der Waals surface area contributed by atoms with Gasteiger partial charge in [-0.3, -0.25) is 9.69 Å². The van der Waals surface area contributed by atoms with Crippen LogP contribution in [0.2, 0.25) is 19.6 Å². The molecule has 2 aliphatic rings. The molecule has 2 aliphatic heterocycles. The van der Waals surface area contributed by atoms with Gasteiger partial charge in [-0.2, -0.15) is 4.31 Å². The number of hydrogen-bond donors (Lipinski definition) is 0. The summed E-state index contributed by atoms with van der Waals surface area (Å²) in [5.41, 5.74) is 0. The van der Waals surface area contributed by atoms with E-state index in [1.165, 1.54) is 5.19 Å². The topological polar surface area (TPSA) is 60.9 Å². The molecule has 0 unspecified atom stereocenters. The summed E-state index contributed by atoms with van der Waals surface area (Å²) in [6.07, 6.45) is 2.17. The molecule has 0 saturated carbocycles. The Balaban J connectivity index is 1.62. The first-order chi connectivity index (χ1) is 13.1. The summed E-state index contributed by atoms with van der Waals surface area (Å²) in [5, 5.41) is 1.26. The number of hydrogen-bond acceptors (Lipinski definition) is 4. The standard InChI is InChI=1S/C20H33N3O3SSi/c1-17(20(24)22-11-5-6-12-22)21-13-15-23(16-14-21)27(25,26)18-7-9-19(10-8-18)28(2,3)4/h7-10,17H,5-6,11-16H2,1-4H3/t17-/m0/s1. The van der Waals surface area contributed by atoms with E-state index in [0.717, 1.165) is 25.9 Å². The Hall–Kier alpha value is -1.22. The molecule has 0 bridgehead atoms. The minimum atomic E-state index is -3.48. The van der Waals surface area contributed by atoms with Crippen LogP contribution in [0.1, 0.15) is 19.8 Å². The molecule has 2 fully saturated rings. The van der Waals surface area contributed by atoms with Crippen LogP contribution in [0.4, 0.5) is 0 Å². The van der Waals surface area contributed by atoms with Crippen LogP contribution in [0.5, 0.6) is 0 Å². The monoisotopic (exact) mass is 423 g/mol. The van der Waals surface area contributed by atoms with Gasteiger partial charge in [0.05, 0.1) is 19.0 Å². The molecule has 1 aromatic carbocycles. The van der Waals surface area contributed by atoms with Crippen LogP contribution in [-0.2, 0) is 14.8 Å². The third kappa shape index (κ3) is 4.50. The predicted molar refractivity (Wildman–Crippen MR) is 115 cm³/mol. The molecule has 8 heteroatoms. The number of amides is 1. The molecule has 2 saturated heterocycles. The zero-order valence-electron chi connectivity index (χ0n) is 17.5. The molecule has 156 valence electrons. The largest absolute Gasteiger partial charge is 0.341 e. The van der Waals surface area contributed by atoms with Crippen LogP contribution in [0.15, 0.2) is 29.2 Å². The van der Waals surface area contributed by atoms with Crippen molar-refractivity contribution in [3.05, 3.63) is 24.3 Å². The second kappa shape index (κ2) is 8.26. The summed E-state index contributed by atoms with van der Waals surface area (Å²) < 4.78 is 27.6. The lowest BCUT2D eigenvalue weighted by molar-refractivity contribution is -0.135. The number of carbonyl (C=O) groups excluding carboxylic acids is 1. The average molecular weight is 424 g/mol. The minimum absolute atomic E-state index is 0.177. The Morgan fingerprint density at radius 1 is 0.929 bits per heavy atom. The van der Waals surface area contributed by atoms with Gasteiger partial charge in [-0.25, -0.2) is 8.42 Å². The third-order valence-electron chi connectivity index (χ3n) is 5.95. The van der Waals surface area contributed by atoms with Crippen molar-refractivity contribution in [2.45, 2.75) is 50.3 Å². The number of sulfonamides is 1. The van der Waals surface area contributed by atoms with Crippen LogP contribution in [0.3, 0.4) is 0 Å². The predicted octanol–water partition coefficient (Wildman–Crippen LogP) is 1.55. The van der Waals surface area contributed by atoms with Gasteiger partial charge in [-0.15, -0.1) is 0 Å². The zero-order chi connectivity index (χ0) is 20.5. The van der Waals surface area contributed by atoms with E-state index in [1.54, 1.807) is 16.4 Å². The van der Waals surface area contributed by atoms with Crippen LogP contribution in [-0.4, -0.2) is 81.8 Å². The third-order valence-corrected chi connectivity index (χ3v) is 9.93. The number of piperazine rings is 1. The molecular formula is C20H33N3O3SSi. The SMILES string of the molecule is C[C@@H](C(=O)N1CCCC1)N1CCN(S(=O)(=O)c2ccc([Si](C)(C)C)cc2)CC1. The van der Waals surface area contributed by atoms with Gasteiger partial charge in [0.2, 0.25) is 15.9 Å². The van der Waals surface area contributed by atoms with E-state index in [9.17, 15) is 13.2 Å². The maximum atomic E-state index is 13.0. The van der Waals surface area contributed by atoms with Gasteiger partial charge in [0.1, 0.15) is 0 Å². The molecule has 28 heavy (non-hydrogen) atoms. The van der Waals surface area contributed by atoms with Crippen LogP contribution < -0.4 is 5.19 Å². The first-order valence-electron chi connectivity index (χ1n) is 10.2. The Morgan fingerprint density at radius 3 is 1.96 bits per heavy atom. The molecule has 1 aromatic rings. The van der Waals surface area contributed by atoms with Crippen molar-refractivity contribution in [3.8, 4) is 0 Å². The van der Waals surface area contributed by atoms with Crippen molar-refractivity contribution in [2.24, 2.45) is 0 Å². The lowest BCUT2D eigenvalue weighted by Gasteiger charge is -2.37. The Morgan fingerprint density at radius 2 is 1.46 bits per heavy atom. The Labute approximate surface area is 170 Å². The minimum Gasteiger partial charge on any atom is -0.341 e. The van der Waals surface area contributed by atoms with Crippen molar-refractivity contribution in [1.29, 1.82) is 0 Å². The molecule has 3 rings (SSSR count). The van der Waals surface area contributed by atoms with E-state index in [4.69, 9.17) is 0 Å². The molecule has 2 heterocycles. The van der Waals surface area contributed by atoms with Gasteiger partial charge in [-0.05, 0) is 31.9 Å². The highest BCUT2D eigenvalue weighted by atomic mass is 32.2. The second-order valence-electron chi connectivity index (χ2n) is 8.92. The van der Waals surface area contributed by atoms with Gasteiger partial charge in [0, 0.05) is 39.3 Å². The van der Waals surface area contributed by atoms with Crippen molar-refractivity contribution < 1.29 is 13.2 Å². The maximum absolute atomic E-state index is 13.0. The average Bonchev–Trinajstić information content (AvgIpc) is 3.21. The summed E-state index contributed by atoms with van der Waals surface area (Å²) >= 11 is 0. The molecule has 0 N–H and O–H groups in total. The smallest absolute Gasteiger partial charge is 0.243 e. The van der Waals surface area contributed by atoms with E-state index in [1.807, 2.05) is 24.0 Å². The van der Waals surface area contributed by atoms with Crippen LogP contribution in [0.25, 0.3) is 0 Å². The van der Waals surface area contributed by atoms with E-state index in [0.29, 0.717) is 31.1 Å². The molecule has 1 amide bonds. The Kier molecular flexibility index (Phi) is 6.34. The van der Waals surface area contributed by atoms with Gasteiger partial charge in [-0.1, -0.05) is 37.0 Å². The van der Waals surface area contributed by atoms with Gasteiger partial charge in [0.15, 0.2) is 0 Å². The first kappa shape index (κ1) is 21.5. The molecule has 0 aliphatic carbocycles. The second-order valence-corrected chi connectivity index (χ2v) is 15.9. The van der Waals surface area contributed by atoms with E-state index >= 15 is 0 Å². The van der Waals surface area contributed by atoms with Crippen LogP contribution >= 0.6 is 0 Å². The summed E-state index contributed by atoms with van der Waals surface area (Å²) in [6.45, 7) is 12.4. The van der Waals surface area contributed by atoms with Gasteiger partial charge in [0.25, 0.3) is 0 Å². The molecule has 0 radical (unpaired) electrons. The lowest BCUT2D eigenvalue weighted by atomic mass is 10.2. The van der Waals surface area contributed by atoms with Crippen LogP contribution in [0, 0.1) is 0 Å².